The van der Waals surface area contributed by atoms with Gasteiger partial charge in [-0.05, 0) is 38.8 Å². The summed E-state index contributed by atoms with van der Waals surface area (Å²) >= 11 is 0. The van der Waals surface area contributed by atoms with Crippen LogP contribution in [0.4, 0.5) is 0 Å². The highest BCUT2D eigenvalue weighted by molar-refractivity contribution is 5.79. The predicted octanol–water partition coefficient (Wildman–Crippen LogP) is 3.12. The first-order valence-corrected chi connectivity index (χ1v) is 8.97. The van der Waals surface area contributed by atoms with Gasteiger partial charge in [-0.1, -0.05) is 29.8 Å². The van der Waals surface area contributed by atoms with Gasteiger partial charge in [0, 0.05) is 31.6 Å². The molecule has 1 aromatic heterocycles. The molecule has 0 fully saturated rings. The number of hydrogen-bond acceptors (Lipinski definition) is 4. The quantitative estimate of drug-likeness (QED) is 0.588. The molecule has 0 radical (unpaired) electrons. The summed E-state index contributed by atoms with van der Waals surface area (Å²) in [4.78, 5) is 4.30. The molecule has 0 amide bonds. The van der Waals surface area contributed by atoms with Gasteiger partial charge in [-0.3, -0.25) is 4.99 Å². The monoisotopic (exact) mass is 358 g/mol. The van der Waals surface area contributed by atoms with E-state index in [0.717, 1.165) is 48.2 Å². The minimum Gasteiger partial charge on any atom is -0.496 e. The van der Waals surface area contributed by atoms with E-state index in [-0.39, 0.29) is 5.92 Å². The van der Waals surface area contributed by atoms with Crippen molar-refractivity contribution in [2.45, 2.75) is 40.0 Å². The third kappa shape index (κ3) is 5.00. The molecule has 0 aliphatic carbocycles. The standard InChI is InChI=1S/C20H30N4O2/c1-13-7-8-18(25-6)17(11-13)9-10-22-20(21-5)23-12-14(2)19-15(3)24-26-16(19)4/h7-8,11,14H,9-10,12H2,1-6H3,(H2,21,22,23). The van der Waals surface area contributed by atoms with Crippen LogP contribution in [0.5, 0.6) is 5.75 Å². The number of ether oxygens (including phenoxy) is 1. The summed E-state index contributed by atoms with van der Waals surface area (Å²) < 4.78 is 10.7. The van der Waals surface area contributed by atoms with Gasteiger partial charge in [-0.2, -0.15) is 0 Å². The Morgan fingerprint density at radius 1 is 1.27 bits per heavy atom. The lowest BCUT2D eigenvalue weighted by atomic mass is 10.00. The molecule has 1 heterocycles. The zero-order valence-corrected chi connectivity index (χ0v) is 16.6. The molecule has 0 bridgehead atoms. The summed E-state index contributed by atoms with van der Waals surface area (Å²) in [6.45, 7) is 9.71. The minimum absolute atomic E-state index is 0.289. The van der Waals surface area contributed by atoms with Gasteiger partial charge in [0.25, 0.3) is 0 Å². The van der Waals surface area contributed by atoms with Crippen LogP contribution in [0.2, 0.25) is 0 Å². The van der Waals surface area contributed by atoms with E-state index in [2.05, 4.69) is 46.8 Å². The van der Waals surface area contributed by atoms with Crippen LogP contribution in [-0.4, -0.2) is 38.4 Å². The highest BCUT2D eigenvalue weighted by Gasteiger charge is 2.16. The average molecular weight is 358 g/mol. The van der Waals surface area contributed by atoms with E-state index in [4.69, 9.17) is 9.26 Å². The van der Waals surface area contributed by atoms with Crippen LogP contribution in [0, 0.1) is 20.8 Å². The summed E-state index contributed by atoms with van der Waals surface area (Å²) in [7, 11) is 3.49. The largest absolute Gasteiger partial charge is 0.496 e. The first-order chi connectivity index (χ1) is 12.5. The molecule has 0 aliphatic heterocycles. The number of aromatic nitrogens is 1. The number of aryl methyl sites for hydroxylation is 3. The van der Waals surface area contributed by atoms with Crippen LogP contribution < -0.4 is 15.4 Å². The Balaban J connectivity index is 1.86. The number of hydrogen-bond donors (Lipinski definition) is 2. The number of benzene rings is 1. The fourth-order valence-electron chi connectivity index (χ4n) is 3.18. The molecule has 2 rings (SSSR count). The molecule has 0 saturated heterocycles. The van der Waals surface area contributed by atoms with Gasteiger partial charge in [0.05, 0.1) is 12.8 Å². The van der Waals surface area contributed by atoms with Crippen molar-refractivity contribution in [3.63, 3.8) is 0 Å². The molecule has 0 spiro atoms. The average Bonchev–Trinajstić information content (AvgIpc) is 2.96. The molecule has 142 valence electrons. The van der Waals surface area contributed by atoms with E-state index in [1.54, 1.807) is 14.2 Å². The summed E-state index contributed by atoms with van der Waals surface area (Å²) in [5.74, 6) is 2.88. The Kier molecular flexibility index (Phi) is 7.06. The lowest BCUT2D eigenvalue weighted by Gasteiger charge is -2.16. The number of rotatable bonds is 7. The van der Waals surface area contributed by atoms with Crippen molar-refractivity contribution in [1.29, 1.82) is 0 Å². The number of aliphatic imine (C=N–C) groups is 1. The van der Waals surface area contributed by atoms with Gasteiger partial charge >= 0.3 is 0 Å². The molecular formula is C20H30N4O2. The van der Waals surface area contributed by atoms with Gasteiger partial charge in [0.15, 0.2) is 5.96 Å². The van der Waals surface area contributed by atoms with Crippen LogP contribution in [0.25, 0.3) is 0 Å². The maximum absolute atomic E-state index is 5.44. The van der Waals surface area contributed by atoms with Crippen molar-refractivity contribution in [2.24, 2.45) is 4.99 Å². The number of nitrogens with one attached hydrogen (secondary N) is 2. The summed E-state index contributed by atoms with van der Waals surface area (Å²) in [6.07, 6.45) is 0.866. The molecular weight excluding hydrogens is 328 g/mol. The van der Waals surface area contributed by atoms with E-state index in [0.29, 0.717) is 0 Å². The Morgan fingerprint density at radius 3 is 2.65 bits per heavy atom. The second kappa shape index (κ2) is 9.27. The molecule has 1 unspecified atom stereocenters. The lowest BCUT2D eigenvalue weighted by molar-refractivity contribution is 0.391. The Hall–Kier alpha value is -2.50. The second-order valence-corrected chi connectivity index (χ2v) is 6.58. The van der Waals surface area contributed by atoms with Gasteiger partial charge in [-0.15, -0.1) is 0 Å². The third-order valence-corrected chi connectivity index (χ3v) is 4.50. The van der Waals surface area contributed by atoms with Crippen LogP contribution in [0.1, 0.15) is 41.0 Å². The van der Waals surface area contributed by atoms with Gasteiger partial charge in [0.1, 0.15) is 11.5 Å². The van der Waals surface area contributed by atoms with E-state index in [1.165, 1.54) is 11.1 Å². The lowest BCUT2D eigenvalue weighted by Crippen LogP contribution is -2.40. The maximum atomic E-state index is 5.44. The summed E-state index contributed by atoms with van der Waals surface area (Å²) in [5.41, 5.74) is 4.54. The topological polar surface area (TPSA) is 71.7 Å². The Morgan fingerprint density at radius 2 is 2.04 bits per heavy atom. The van der Waals surface area contributed by atoms with E-state index in [9.17, 15) is 0 Å². The van der Waals surface area contributed by atoms with Crippen molar-refractivity contribution < 1.29 is 9.26 Å². The van der Waals surface area contributed by atoms with Crippen molar-refractivity contribution in [3.8, 4) is 5.75 Å². The second-order valence-electron chi connectivity index (χ2n) is 6.58. The highest BCUT2D eigenvalue weighted by Crippen LogP contribution is 2.22. The molecule has 1 atom stereocenters. The molecule has 2 N–H and O–H groups in total. The van der Waals surface area contributed by atoms with E-state index in [1.807, 2.05) is 19.9 Å². The minimum atomic E-state index is 0.289. The molecule has 6 nitrogen and oxygen atoms in total. The van der Waals surface area contributed by atoms with E-state index < -0.39 is 0 Å². The van der Waals surface area contributed by atoms with Crippen LogP contribution >= 0.6 is 0 Å². The fourth-order valence-corrected chi connectivity index (χ4v) is 3.18. The molecule has 0 saturated carbocycles. The summed E-state index contributed by atoms with van der Waals surface area (Å²) in [6, 6.07) is 6.24. The molecule has 1 aromatic carbocycles. The Bertz CT molecular complexity index is 733. The number of nitrogens with zero attached hydrogens (tertiary/aromatic N) is 2. The van der Waals surface area contributed by atoms with Crippen LogP contribution in [0.15, 0.2) is 27.7 Å². The molecule has 0 aliphatic rings. The molecule has 2 aromatic rings. The normalized spacial score (nSPS) is 12.8. The first kappa shape index (κ1) is 19.8. The number of guanidine groups is 1. The van der Waals surface area contributed by atoms with Gasteiger partial charge in [0.2, 0.25) is 0 Å². The third-order valence-electron chi connectivity index (χ3n) is 4.50. The SMILES string of the molecule is CN=C(NCCc1cc(C)ccc1OC)NCC(C)c1c(C)noc1C. The van der Waals surface area contributed by atoms with Crippen molar-refractivity contribution in [2.75, 3.05) is 27.2 Å². The fraction of sp³-hybridized carbons (Fsp3) is 0.500. The Labute approximate surface area is 156 Å². The molecule has 26 heavy (non-hydrogen) atoms. The van der Waals surface area contributed by atoms with Crippen LogP contribution in [-0.2, 0) is 6.42 Å². The van der Waals surface area contributed by atoms with Crippen molar-refractivity contribution in [1.82, 2.24) is 15.8 Å². The maximum Gasteiger partial charge on any atom is 0.191 e. The first-order valence-electron chi connectivity index (χ1n) is 8.97. The van der Waals surface area contributed by atoms with Gasteiger partial charge in [-0.25, -0.2) is 0 Å². The number of methoxy groups -OCH3 is 1. The molecule has 6 heteroatoms. The van der Waals surface area contributed by atoms with Gasteiger partial charge < -0.3 is 19.9 Å². The zero-order chi connectivity index (χ0) is 19.1. The van der Waals surface area contributed by atoms with Crippen LogP contribution in [0.3, 0.4) is 0 Å². The van der Waals surface area contributed by atoms with Crippen molar-refractivity contribution >= 4 is 5.96 Å². The summed E-state index contributed by atoms with van der Waals surface area (Å²) in [5, 5.41) is 10.8. The highest BCUT2D eigenvalue weighted by atomic mass is 16.5. The predicted molar refractivity (Wildman–Crippen MR) is 105 cm³/mol. The van der Waals surface area contributed by atoms with E-state index >= 15 is 0 Å². The van der Waals surface area contributed by atoms with Crippen molar-refractivity contribution in [3.05, 3.63) is 46.3 Å². The zero-order valence-electron chi connectivity index (χ0n) is 16.6. The smallest absolute Gasteiger partial charge is 0.191 e.